The highest BCUT2D eigenvalue weighted by Gasteiger charge is 2.25. The fourth-order valence-corrected chi connectivity index (χ4v) is 3.09. The number of hydrogen-bond donors (Lipinski definition) is 1. The number of nitrogens with zero attached hydrogens (tertiary/aromatic N) is 1. The number of amides is 1. The van der Waals surface area contributed by atoms with Gasteiger partial charge in [0, 0.05) is 23.8 Å². The second kappa shape index (κ2) is 7.17. The molecular weight excluding hydrogens is 335 g/mol. The molecule has 1 aromatic heterocycles. The largest absolute Gasteiger partial charge is 0.491 e. The lowest BCUT2D eigenvalue weighted by Crippen LogP contribution is -2.47. The second-order valence-electron chi connectivity index (χ2n) is 6.29. The molecule has 2 aromatic carbocycles. The van der Waals surface area contributed by atoms with Crippen molar-refractivity contribution in [1.82, 2.24) is 9.88 Å². The Bertz CT molecular complexity index is 907. The molecular formula is C20H19FN2O3. The highest BCUT2D eigenvalue weighted by Crippen LogP contribution is 2.18. The molecule has 3 aromatic rings. The van der Waals surface area contributed by atoms with Crippen molar-refractivity contribution in [3.05, 3.63) is 66.1 Å². The van der Waals surface area contributed by atoms with Gasteiger partial charge in [-0.25, -0.2) is 4.39 Å². The fourth-order valence-electron chi connectivity index (χ4n) is 3.09. The quantitative estimate of drug-likeness (QED) is 0.783. The van der Waals surface area contributed by atoms with Crippen LogP contribution in [0.2, 0.25) is 0 Å². The number of rotatable bonds is 4. The maximum atomic E-state index is 12.9. The monoisotopic (exact) mass is 354 g/mol. The zero-order chi connectivity index (χ0) is 17.9. The molecule has 0 radical (unpaired) electrons. The number of ether oxygens (including phenoxy) is 2. The highest BCUT2D eigenvalue weighted by atomic mass is 19.1. The predicted octanol–water partition coefficient (Wildman–Crippen LogP) is 3.23. The first-order chi connectivity index (χ1) is 12.7. The van der Waals surface area contributed by atoms with E-state index in [1.807, 2.05) is 30.5 Å². The number of aromatic nitrogens is 1. The summed E-state index contributed by atoms with van der Waals surface area (Å²) in [4.78, 5) is 17.7. The Morgan fingerprint density at radius 3 is 2.92 bits per heavy atom. The van der Waals surface area contributed by atoms with Crippen LogP contribution in [0.5, 0.6) is 5.75 Å². The standard InChI is InChI=1S/C20H19FN2O3/c21-16-3-5-17(6-4-16)26-13-18-12-23(9-10-25-18)20(24)15-2-1-14-7-8-22-19(14)11-15/h1-8,11,18,22H,9-10,12-13H2. The van der Waals surface area contributed by atoms with Gasteiger partial charge in [0.1, 0.15) is 24.3 Å². The molecule has 1 amide bonds. The number of carbonyl (C=O) groups is 1. The van der Waals surface area contributed by atoms with Crippen molar-refractivity contribution in [2.24, 2.45) is 0 Å². The molecule has 0 saturated carbocycles. The number of H-pyrrole nitrogens is 1. The first kappa shape index (κ1) is 16.6. The van der Waals surface area contributed by atoms with Gasteiger partial charge in [-0.2, -0.15) is 0 Å². The van der Waals surface area contributed by atoms with Gasteiger partial charge >= 0.3 is 0 Å². The molecule has 1 unspecified atom stereocenters. The lowest BCUT2D eigenvalue weighted by atomic mass is 10.1. The summed E-state index contributed by atoms with van der Waals surface area (Å²) in [6, 6.07) is 13.5. The number of halogens is 1. The van der Waals surface area contributed by atoms with Crippen LogP contribution in [0.25, 0.3) is 10.9 Å². The Balaban J connectivity index is 1.39. The third-order valence-corrected chi connectivity index (χ3v) is 4.48. The number of morpholine rings is 1. The molecule has 5 nitrogen and oxygen atoms in total. The van der Waals surface area contributed by atoms with Gasteiger partial charge in [-0.15, -0.1) is 0 Å². The van der Waals surface area contributed by atoms with E-state index in [1.54, 1.807) is 17.0 Å². The summed E-state index contributed by atoms with van der Waals surface area (Å²) in [5.74, 6) is 0.259. The molecule has 134 valence electrons. The first-order valence-corrected chi connectivity index (χ1v) is 8.55. The van der Waals surface area contributed by atoms with Crippen molar-refractivity contribution in [2.45, 2.75) is 6.10 Å². The van der Waals surface area contributed by atoms with Gasteiger partial charge < -0.3 is 19.4 Å². The third kappa shape index (κ3) is 3.55. The molecule has 4 rings (SSSR count). The summed E-state index contributed by atoms with van der Waals surface area (Å²) in [7, 11) is 0. The van der Waals surface area contributed by atoms with Crippen LogP contribution < -0.4 is 4.74 Å². The van der Waals surface area contributed by atoms with E-state index in [9.17, 15) is 9.18 Å². The fraction of sp³-hybridized carbons (Fsp3) is 0.250. The van der Waals surface area contributed by atoms with Crippen molar-refractivity contribution in [2.75, 3.05) is 26.3 Å². The number of carbonyl (C=O) groups excluding carboxylic acids is 1. The zero-order valence-corrected chi connectivity index (χ0v) is 14.2. The normalized spacial score (nSPS) is 17.4. The Morgan fingerprint density at radius 1 is 1.23 bits per heavy atom. The summed E-state index contributed by atoms with van der Waals surface area (Å²) in [6.45, 7) is 1.79. The van der Waals surface area contributed by atoms with E-state index in [1.165, 1.54) is 12.1 Å². The Morgan fingerprint density at radius 2 is 2.08 bits per heavy atom. The van der Waals surface area contributed by atoms with E-state index < -0.39 is 0 Å². The second-order valence-corrected chi connectivity index (χ2v) is 6.29. The summed E-state index contributed by atoms with van der Waals surface area (Å²) in [5.41, 5.74) is 1.60. The molecule has 2 heterocycles. The lowest BCUT2D eigenvalue weighted by molar-refractivity contribution is -0.0401. The van der Waals surface area contributed by atoms with Gasteiger partial charge in [-0.3, -0.25) is 4.79 Å². The van der Waals surface area contributed by atoms with Crippen molar-refractivity contribution in [1.29, 1.82) is 0 Å². The molecule has 6 heteroatoms. The minimum atomic E-state index is -0.304. The number of nitrogens with one attached hydrogen (secondary N) is 1. The van der Waals surface area contributed by atoms with Gasteiger partial charge in [-0.05, 0) is 47.9 Å². The Kier molecular flexibility index (Phi) is 4.58. The Hall–Kier alpha value is -2.86. The summed E-state index contributed by atoms with van der Waals surface area (Å²) in [6.07, 6.45) is 1.64. The van der Waals surface area contributed by atoms with Crippen LogP contribution in [0.3, 0.4) is 0 Å². The molecule has 26 heavy (non-hydrogen) atoms. The average Bonchev–Trinajstić information content (AvgIpc) is 3.15. The Labute approximate surface area is 150 Å². The summed E-state index contributed by atoms with van der Waals surface area (Å²) >= 11 is 0. The van der Waals surface area contributed by atoms with Gasteiger partial charge in [0.2, 0.25) is 0 Å². The topological polar surface area (TPSA) is 54.6 Å². The van der Waals surface area contributed by atoms with Crippen LogP contribution in [0.1, 0.15) is 10.4 Å². The maximum Gasteiger partial charge on any atom is 0.254 e. The van der Waals surface area contributed by atoms with Crippen LogP contribution in [0, 0.1) is 5.82 Å². The smallest absolute Gasteiger partial charge is 0.254 e. The van der Waals surface area contributed by atoms with E-state index in [0.29, 0.717) is 37.6 Å². The van der Waals surface area contributed by atoms with Crippen LogP contribution in [-0.2, 0) is 4.74 Å². The molecule has 1 fully saturated rings. The van der Waals surface area contributed by atoms with Crippen molar-refractivity contribution >= 4 is 16.8 Å². The van der Waals surface area contributed by atoms with Crippen LogP contribution in [0.4, 0.5) is 4.39 Å². The van der Waals surface area contributed by atoms with Crippen molar-refractivity contribution < 1.29 is 18.7 Å². The minimum Gasteiger partial charge on any atom is -0.491 e. The number of hydrogen-bond acceptors (Lipinski definition) is 3. The van der Waals surface area contributed by atoms with Crippen molar-refractivity contribution in [3.63, 3.8) is 0 Å². The van der Waals surface area contributed by atoms with Gasteiger partial charge in [-0.1, -0.05) is 6.07 Å². The first-order valence-electron chi connectivity index (χ1n) is 8.55. The molecule has 1 aliphatic rings. The molecule has 1 saturated heterocycles. The van der Waals surface area contributed by atoms with Gasteiger partial charge in [0.05, 0.1) is 13.2 Å². The van der Waals surface area contributed by atoms with Crippen LogP contribution in [0.15, 0.2) is 54.7 Å². The molecule has 1 atom stereocenters. The molecule has 0 spiro atoms. The highest BCUT2D eigenvalue weighted by molar-refractivity contribution is 5.98. The van der Waals surface area contributed by atoms with E-state index in [2.05, 4.69) is 4.98 Å². The molecule has 0 bridgehead atoms. The van der Waals surface area contributed by atoms with E-state index >= 15 is 0 Å². The minimum absolute atomic E-state index is 0.0171. The van der Waals surface area contributed by atoms with Crippen LogP contribution >= 0.6 is 0 Å². The number of fused-ring (bicyclic) bond motifs is 1. The number of benzene rings is 2. The molecule has 0 aliphatic carbocycles. The lowest BCUT2D eigenvalue weighted by Gasteiger charge is -2.33. The molecule has 1 N–H and O–H groups in total. The van der Waals surface area contributed by atoms with Crippen LogP contribution in [-0.4, -0.2) is 48.2 Å². The molecule has 1 aliphatic heterocycles. The SMILES string of the molecule is O=C(c1ccc2cc[nH]c2c1)N1CCOC(COc2ccc(F)cc2)C1. The van der Waals surface area contributed by atoms with Gasteiger partial charge in [0.25, 0.3) is 5.91 Å². The van der Waals surface area contributed by atoms with Gasteiger partial charge in [0.15, 0.2) is 0 Å². The van der Waals surface area contributed by atoms with Crippen molar-refractivity contribution in [3.8, 4) is 5.75 Å². The third-order valence-electron chi connectivity index (χ3n) is 4.48. The zero-order valence-electron chi connectivity index (χ0n) is 14.2. The average molecular weight is 354 g/mol. The maximum absolute atomic E-state index is 12.9. The predicted molar refractivity (Wildman–Crippen MR) is 95.8 cm³/mol. The summed E-state index contributed by atoms with van der Waals surface area (Å²) < 4.78 is 24.3. The summed E-state index contributed by atoms with van der Waals surface area (Å²) in [5, 5.41) is 1.08. The number of aromatic amines is 1. The van der Waals surface area contributed by atoms with E-state index in [-0.39, 0.29) is 17.8 Å². The van der Waals surface area contributed by atoms with E-state index in [0.717, 1.165) is 10.9 Å². The van der Waals surface area contributed by atoms with E-state index in [4.69, 9.17) is 9.47 Å².